The van der Waals surface area contributed by atoms with E-state index in [1.165, 1.54) is 231 Å². The molecule has 0 aliphatic rings. The van der Waals surface area contributed by atoms with E-state index >= 15 is 0 Å². The van der Waals surface area contributed by atoms with Crippen LogP contribution in [-0.2, 0) is 18.4 Å². The summed E-state index contributed by atoms with van der Waals surface area (Å²) >= 11 is 0. The zero-order valence-electron chi connectivity index (χ0n) is 46.8. The highest BCUT2D eigenvalue weighted by Gasteiger charge is 2.24. The molecule has 69 heavy (non-hydrogen) atoms. The monoisotopic (exact) mass is 995 g/mol. The molecule has 0 aliphatic carbocycles. The van der Waals surface area contributed by atoms with E-state index in [1.54, 1.807) is 0 Å². The summed E-state index contributed by atoms with van der Waals surface area (Å²) in [5.74, 6) is -0.165. The average Bonchev–Trinajstić information content (AvgIpc) is 3.31. The number of hydrogen-bond donors (Lipinski definition) is 2. The van der Waals surface area contributed by atoms with Crippen molar-refractivity contribution in [2.24, 2.45) is 0 Å². The number of rotatable bonds is 56. The first-order valence-electron chi connectivity index (χ1n) is 30.2. The zero-order chi connectivity index (χ0) is 50.6. The van der Waals surface area contributed by atoms with Gasteiger partial charge in [0.1, 0.15) is 13.2 Å². The number of aliphatic hydroxyl groups excluding tert-OH is 1. The zero-order valence-corrected chi connectivity index (χ0v) is 47.7. The highest BCUT2D eigenvalue weighted by Crippen LogP contribution is 2.38. The second kappa shape index (κ2) is 51.9. The van der Waals surface area contributed by atoms with Crippen LogP contribution in [0, 0.1) is 0 Å². The molecule has 0 aromatic carbocycles. The molecule has 3 unspecified atom stereocenters. The van der Waals surface area contributed by atoms with E-state index in [0.717, 1.165) is 44.9 Å². The third kappa shape index (κ3) is 54.6. The molecule has 0 saturated heterocycles. The topological polar surface area (TPSA) is 108 Å². The van der Waals surface area contributed by atoms with Gasteiger partial charge in [0.2, 0.25) is 5.91 Å². The average molecular weight is 996 g/mol. The van der Waals surface area contributed by atoms with Crippen molar-refractivity contribution >= 4 is 13.7 Å². The summed E-state index contributed by atoms with van der Waals surface area (Å²) < 4.78 is 23.2. The lowest BCUT2D eigenvalue weighted by atomic mass is 10.0. The first-order chi connectivity index (χ1) is 33.5. The van der Waals surface area contributed by atoms with Crippen LogP contribution in [0.1, 0.15) is 303 Å². The summed E-state index contributed by atoms with van der Waals surface area (Å²) in [5, 5.41) is 13.8. The van der Waals surface area contributed by atoms with Crippen LogP contribution in [-0.4, -0.2) is 68.5 Å². The van der Waals surface area contributed by atoms with Gasteiger partial charge in [0.05, 0.1) is 39.9 Å². The van der Waals surface area contributed by atoms with E-state index < -0.39 is 20.0 Å². The summed E-state index contributed by atoms with van der Waals surface area (Å²) in [4.78, 5) is 25.3. The number of nitrogens with zero attached hydrogens (tertiary/aromatic N) is 1. The smallest absolute Gasteiger partial charge is 0.268 e. The van der Waals surface area contributed by atoms with Gasteiger partial charge in [0.25, 0.3) is 7.82 Å². The number of carbonyl (C=O) groups excluding carboxylic acids is 1. The van der Waals surface area contributed by atoms with Gasteiger partial charge >= 0.3 is 0 Å². The fourth-order valence-electron chi connectivity index (χ4n) is 9.19. The predicted octanol–water partition coefficient (Wildman–Crippen LogP) is 17.7. The standard InChI is InChI=1S/C60H119N2O6P/c1-6-8-10-12-14-15-16-17-18-19-20-21-22-23-24-25-26-27-28-29-30-31-32-33-34-35-36-37-38-39-40-41-42-43-44-45-46-47-48-50-52-54-60(64)61-58(59(63)53-51-49-13-11-9-7-2)57-68-69(65,66)67-56-55-62(3,4)5/h16-17,19-20,58-59,63H,6-15,18,21-57H2,1-5H3,(H-,61,64,65,66)/b17-16-,20-19-. The molecular weight excluding hydrogens is 876 g/mol. The summed E-state index contributed by atoms with van der Waals surface area (Å²) in [6, 6.07) is -0.793. The number of phosphoric ester groups is 1. The van der Waals surface area contributed by atoms with Crippen molar-refractivity contribution in [3.05, 3.63) is 24.3 Å². The second-order valence-corrected chi connectivity index (χ2v) is 23.5. The molecule has 0 aromatic heterocycles. The third-order valence-corrected chi connectivity index (χ3v) is 14.9. The van der Waals surface area contributed by atoms with Crippen LogP contribution in [0.5, 0.6) is 0 Å². The summed E-state index contributed by atoms with van der Waals surface area (Å²) in [6.45, 7) is 4.66. The van der Waals surface area contributed by atoms with Crippen molar-refractivity contribution in [1.82, 2.24) is 5.32 Å². The van der Waals surface area contributed by atoms with Crippen LogP contribution in [0.2, 0.25) is 0 Å². The number of aliphatic hydroxyl groups is 1. The molecule has 0 aliphatic heterocycles. The van der Waals surface area contributed by atoms with Gasteiger partial charge < -0.3 is 28.8 Å². The first-order valence-corrected chi connectivity index (χ1v) is 31.6. The van der Waals surface area contributed by atoms with Crippen LogP contribution < -0.4 is 10.2 Å². The van der Waals surface area contributed by atoms with Gasteiger partial charge in [-0.3, -0.25) is 9.36 Å². The van der Waals surface area contributed by atoms with Crippen molar-refractivity contribution in [2.45, 2.75) is 315 Å². The Balaban J connectivity index is 3.64. The van der Waals surface area contributed by atoms with Crippen molar-refractivity contribution in [3.8, 4) is 0 Å². The van der Waals surface area contributed by atoms with Crippen LogP contribution >= 0.6 is 7.82 Å². The number of hydrogen-bond acceptors (Lipinski definition) is 6. The molecule has 2 N–H and O–H groups in total. The number of carbonyl (C=O) groups is 1. The van der Waals surface area contributed by atoms with Gasteiger partial charge in [0.15, 0.2) is 0 Å². The summed E-state index contributed by atoms with van der Waals surface area (Å²) in [5.41, 5.74) is 0. The number of amides is 1. The number of phosphoric acid groups is 1. The van der Waals surface area contributed by atoms with Gasteiger partial charge in [-0.05, 0) is 44.9 Å². The fraction of sp³-hybridized carbons (Fsp3) is 0.917. The minimum absolute atomic E-state index is 0.0142. The number of unbranched alkanes of at least 4 members (excludes halogenated alkanes) is 39. The molecule has 0 saturated carbocycles. The minimum atomic E-state index is -4.55. The molecule has 0 radical (unpaired) electrons. The first kappa shape index (κ1) is 68.0. The molecule has 410 valence electrons. The van der Waals surface area contributed by atoms with E-state index in [2.05, 4.69) is 43.5 Å². The van der Waals surface area contributed by atoms with Gasteiger partial charge in [-0.2, -0.15) is 0 Å². The van der Waals surface area contributed by atoms with Crippen LogP contribution in [0.3, 0.4) is 0 Å². The Morgan fingerprint density at radius 1 is 0.507 bits per heavy atom. The highest BCUT2D eigenvalue weighted by atomic mass is 31.2. The normalized spacial score (nSPS) is 14.0. The predicted molar refractivity (Wildman–Crippen MR) is 298 cm³/mol. The summed E-state index contributed by atoms with van der Waals surface area (Å²) in [7, 11) is 1.31. The van der Waals surface area contributed by atoms with E-state index in [4.69, 9.17) is 9.05 Å². The molecule has 0 fully saturated rings. The maximum atomic E-state index is 12.8. The Morgan fingerprint density at radius 3 is 1.20 bits per heavy atom. The van der Waals surface area contributed by atoms with E-state index in [1.807, 2.05) is 21.1 Å². The number of likely N-dealkylation sites (N-methyl/N-ethyl adjacent to an activating group) is 1. The Labute approximate surface area is 430 Å². The molecule has 9 heteroatoms. The Kier molecular flexibility index (Phi) is 51.1. The molecule has 3 atom stereocenters. The van der Waals surface area contributed by atoms with Gasteiger partial charge in [0, 0.05) is 6.42 Å². The Morgan fingerprint density at radius 2 is 0.841 bits per heavy atom. The molecule has 0 spiro atoms. The molecule has 1 amide bonds. The molecular formula is C60H119N2O6P. The third-order valence-electron chi connectivity index (χ3n) is 13.9. The SMILES string of the molecule is CCCCCCC/C=C\C/C=C\CCCCCCCCCCCCCCCCCCCCCCCCCCCCCCCC(=O)NC(COP(=O)([O-])OCC[N+](C)(C)C)C(O)CCCCCCCC. The number of quaternary nitrogens is 1. The molecule has 0 heterocycles. The Bertz CT molecular complexity index is 1170. The van der Waals surface area contributed by atoms with Gasteiger partial charge in [-0.25, -0.2) is 0 Å². The lowest BCUT2D eigenvalue weighted by Gasteiger charge is -2.30. The number of allylic oxidation sites excluding steroid dienone is 4. The van der Waals surface area contributed by atoms with Gasteiger partial charge in [-0.1, -0.05) is 276 Å². The maximum absolute atomic E-state index is 12.8. The van der Waals surface area contributed by atoms with Crippen LogP contribution in [0.4, 0.5) is 0 Å². The number of nitrogens with one attached hydrogen (secondary N) is 1. The molecule has 0 bridgehead atoms. The van der Waals surface area contributed by atoms with E-state index in [-0.39, 0.29) is 19.1 Å². The van der Waals surface area contributed by atoms with Crippen molar-refractivity contribution < 1.29 is 32.9 Å². The van der Waals surface area contributed by atoms with Crippen molar-refractivity contribution in [2.75, 3.05) is 40.9 Å². The second-order valence-electron chi connectivity index (χ2n) is 22.1. The van der Waals surface area contributed by atoms with Crippen molar-refractivity contribution in [3.63, 3.8) is 0 Å². The molecule has 0 aromatic rings. The highest BCUT2D eigenvalue weighted by molar-refractivity contribution is 7.45. The van der Waals surface area contributed by atoms with Crippen molar-refractivity contribution in [1.29, 1.82) is 0 Å². The van der Waals surface area contributed by atoms with E-state index in [0.29, 0.717) is 23.9 Å². The van der Waals surface area contributed by atoms with Gasteiger partial charge in [-0.15, -0.1) is 0 Å². The van der Waals surface area contributed by atoms with Crippen LogP contribution in [0.25, 0.3) is 0 Å². The molecule has 0 rings (SSSR count). The molecule has 8 nitrogen and oxygen atoms in total. The Hall–Kier alpha value is -1.02. The lowest BCUT2D eigenvalue weighted by molar-refractivity contribution is -0.870. The maximum Gasteiger partial charge on any atom is 0.268 e. The summed E-state index contributed by atoms with van der Waals surface area (Å²) in [6.07, 6.45) is 65.9. The largest absolute Gasteiger partial charge is 0.756 e. The van der Waals surface area contributed by atoms with E-state index in [9.17, 15) is 19.4 Å². The quantitative estimate of drug-likeness (QED) is 0.0272. The fourth-order valence-corrected chi connectivity index (χ4v) is 9.91. The minimum Gasteiger partial charge on any atom is -0.756 e. The van der Waals surface area contributed by atoms with Crippen LogP contribution in [0.15, 0.2) is 24.3 Å². The lowest BCUT2D eigenvalue weighted by Crippen LogP contribution is -2.46.